The lowest BCUT2D eigenvalue weighted by atomic mass is 9.71. The molecule has 2 amide bonds. The Morgan fingerprint density at radius 2 is 1.52 bits per heavy atom. The summed E-state index contributed by atoms with van der Waals surface area (Å²) in [6, 6.07) is 0.494. The second-order valence-electron chi connectivity index (χ2n) is 11.4. The first-order valence-electron chi connectivity index (χ1n) is 13.9. The van der Waals surface area contributed by atoms with Crippen LogP contribution in [0.4, 0.5) is 0 Å². The first-order chi connectivity index (χ1) is 16.2. The van der Waals surface area contributed by atoms with E-state index in [9.17, 15) is 9.59 Å². The number of rotatable bonds is 6. The van der Waals surface area contributed by atoms with Gasteiger partial charge in [0.2, 0.25) is 11.8 Å². The van der Waals surface area contributed by atoms with Crippen LogP contribution in [0, 0.1) is 17.8 Å². The first-order valence-corrected chi connectivity index (χ1v) is 13.9. The molecule has 6 rings (SSSR count). The van der Waals surface area contributed by atoms with Gasteiger partial charge >= 0.3 is 0 Å². The monoisotopic (exact) mass is 459 g/mol. The molecule has 4 saturated heterocycles. The van der Waals surface area contributed by atoms with E-state index in [1.165, 1.54) is 57.9 Å². The molecular weight excluding hydrogens is 414 g/mol. The van der Waals surface area contributed by atoms with Crippen LogP contribution in [0.1, 0.15) is 57.8 Å². The smallest absolute Gasteiger partial charge is 0.236 e. The fourth-order valence-electron chi connectivity index (χ4n) is 7.18. The third-order valence-electron chi connectivity index (χ3n) is 9.28. The maximum atomic E-state index is 13.1. The molecule has 4 heterocycles. The van der Waals surface area contributed by atoms with Gasteiger partial charge in [-0.25, -0.2) is 0 Å². The molecule has 0 spiro atoms. The zero-order chi connectivity index (χ0) is 22.6. The summed E-state index contributed by atoms with van der Waals surface area (Å²) >= 11 is 0. The van der Waals surface area contributed by atoms with Gasteiger partial charge in [0, 0.05) is 77.9 Å². The lowest BCUT2D eigenvalue weighted by molar-refractivity contribution is -0.142. The highest BCUT2D eigenvalue weighted by Gasteiger charge is 2.43. The van der Waals surface area contributed by atoms with Gasteiger partial charge in [-0.15, -0.1) is 0 Å². The Morgan fingerprint density at radius 1 is 0.788 bits per heavy atom. The van der Waals surface area contributed by atoms with Crippen LogP contribution in [0.25, 0.3) is 0 Å². The molecule has 0 radical (unpaired) electrons. The fraction of sp³-hybridized carbons (Fsp3) is 0.923. The standard InChI is InChI=1S/C26H45N5O2/c32-25(16-21-4-2-1-3-5-21)31-19-22-6-7-24(31)17-23(22)18-28-12-14-29(15-13-28)20-26(33)30-10-8-27-9-11-30/h21-24,27H,1-20H2. The number of hydrogen-bond acceptors (Lipinski definition) is 5. The van der Waals surface area contributed by atoms with Gasteiger partial charge in [-0.2, -0.15) is 0 Å². The third-order valence-corrected chi connectivity index (χ3v) is 9.28. The summed E-state index contributed by atoms with van der Waals surface area (Å²) in [5, 5.41) is 3.32. The first kappa shape index (κ1) is 23.6. The number of piperidine rings is 2. The minimum atomic E-state index is 0.299. The lowest BCUT2D eigenvalue weighted by Gasteiger charge is -2.51. The summed E-state index contributed by atoms with van der Waals surface area (Å²) in [6.45, 7) is 10.5. The van der Waals surface area contributed by atoms with Gasteiger partial charge in [0.1, 0.15) is 0 Å². The quantitative estimate of drug-likeness (QED) is 0.654. The third kappa shape index (κ3) is 5.91. The van der Waals surface area contributed by atoms with Crippen LogP contribution < -0.4 is 5.32 Å². The normalized spacial score (nSPS) is 32.3. The summed E-state index contributed by atoms with van der Waals surface area (Å²) in [5.74, 6) is 2.84. The second-order valence-corrected chi connectivity index (χ2v) is 11.4. The Hall–Kier alpha value is -1.18. The van der Waals surface area contributed by atoms with Crippen molar-refractivity contribution in [1.82, 2.24) is 24.9 Å². The van der Waals surface area contributed by atoms with Gasteiger partial charge in [-0.3, -0.25) is 14.5 Å². The van der Waals surface area contributed by atoms with Gasteiger partial charge in [-0.1, -0.05) is 19.3 Å². The second kappa shape index (κ2) is 11.0. The average molecular weight is 460 g/mol. The van der Waals surface area contributed by atoms with Crippen LogP contribution in [0.5, 0.6) is 0 Å². The summed E-state index contributed by atoms with van der Waals surface area (Å²) in [4.78, 5) is 34.9. The maximum Gasteiger partial charge on any atom is 0.236 e. The lowest BCUT2D eigenvalue weighted by Crippen LogP contribution is -2.58. The molecule has 2 saturated carbocycles. The van der Waals surface area contributed by atoms with Crippen molar-refractivity contribution in [2.75, 3.05) is 72.0 Å². The largest absolute Gasteiger partial charge is 0.339 e. The predicted octanol–water partition coefficient (Wildman–Crippen LogP) is 1.63. The maximum absolute atomic E-state index is 13.1. The van der Waals surface area contributed by atoms with E-state index in [0.29, 0.717) is 36.2 Å². The highest BCUT2D eigenvalue weighted by atomic mass is 16.2. The predicted molar refractivity (Wildman–Crippen MR) is 130 cm³/mol. The average Bonchev–Trinajstić information content (AvgIpc) is 2.87. The van der Waals surface area contributed by atoms with Crippen molar-refractivity contribution in [3.63, 3.8) is 0 Å². The zero-order valence-corrected chi connectivity index (χ0v) is 20.6. The number of amides is 2. The van der Waals surface area contributed by atoms with Crippen molar-refractivity contribution in [1.29, 1.82) is 0 Å². The van der Waals surface area contributed by atoms with Crippen molar-refractivity contribution < 1.29 is 9.59 Å². The van der Waals surface area contributed by atoms with Crippen molar-refractivity contribution in [3.8, 4) is 0 Å². The number of nitrogens with one attached hydrogen (secondary N) is 1. The highest BCUT2D eigenvalue weighted by Crippen LogP contribution is 2.40. The van der Waals surface area contributed by atoms with Gasteiger partial charge in [-0.05, 0) is 49.9 Å². The number of carbonyl (C=O) groups excluding carboxylic acids is 2. The molecule has 7 heteroatoms. The van der Waals surface area contributed by atoms with Crippen LogP contribution in [0.15, 0.2) is 0 Å². The molecule has 1 N–H and O–H groups in total. The summed E-state index contributed by atoms with van der Waals surface area (Å²) in [7, 11) is 0. The van der Waals surface area contributed by atoms with E-state index in [0.717, 1.165) is 71.2 Å². The highest BCUT2D eigenvalue weighted by molar-refractivity contribution is 5.78. The van der Waals surface area contributed by atoms with Crippen LogP contribution in [0.2, 0.25) is 0 Å². The number of fused-ring (bicyclic) bond motifs is 3. The number of piperazine rings is 2. The summed E-state index contributed by atoms with van der Waals surface area (Å²) in [5.41, 5.74) is 0. The number of hydrogen-bond donors (Lipinski definition) is 1. The molecular formula is C26H45N5O2. The minimum Gasteiger partial charge on any atom is -0.339 e. The number of nitrogens with zero attached hydrogens (tertiary/aromatic N) is 4. The molecule has 3 unspecified atom stereocenters. The molecule has 186 valence electrons. The van der Waals surface area contributed by atoms with E-state index in [2.05, 4.69) is 20.0 Å². The topological polar surface area (TPSA) is 59.1 Å². The van der Waals surface area contributed by atoms with E-state index in [-0.39, 0.29) is 0 Å². The van der Waals surface area contributed by atoms with Gasteiger partial charge < -0.3 is 20.0 Å². The molecule has 6 fully saturated rings. The summed E-state index contributed by atoms with van der Waals surface area (Å²) in [6.07, 6.45) is 11.1. The van der Waals surface area contributed by atoms with Crippen LogP contribution >= 0.6 is 0 Å². The Bertz CT molecular complexity index is 668. The van der Waals surface area contributed by atoms with Crippen molar-refractivity contribution in [2.24, 2.45) is 17.8 Å². The van der Waals surface area contributed by atoms with Gasteiger partial charge in [0.25, 0.3) is 0 Å². The van der Waals surface area contributed by atoms with Crippen molar-refractivity contribution >= 4 is 11.8 Å². The van der Waals surface area contributed by atoms with Crippen LogP contribution in [-0.4, -0.2) is 109 Å². The molecule has 2 bridgehead atoms. The Morgan fingerprint density at radius 3 is 2.21 bits per heavy atom. The minimum absolute atomic E-state index is 0.299. The van der Waals surface area contributed by atoms with Crippen molar-refractivity contribution in [2.45, 2.75) is 63.8 Å². The van der Waals surface area contributed by atoms with E-state index in [1.807, 2.05) is 4.90 Å². The van der Waals surface area contributed by atoms with Crippen molar-refractivity contribution in [3.05, 3.63) is 0 Å². The molecule has 3 atom stereocenters. The molecule has 0 aromatic carbocycles. The molecule has 0 aromatic heterocycles. The molecule has 33 heavy (non-hydrogen) atoms. The van der Waals surface area contributed by atoms with E-state index < -0.39 is 0 Å². The Kier molecular flexibility index (Phi) is 7.88. The zero-order valence-electron chi connectivity index (χ0n) is 20.6. The Balaban J connectivity index is 1.04. The molecule has 6 aliphatic rings. The Labute approximate surface area is 200 Å². The van der Waals surface area contributed by atoms with Crippen LogP contribution in [-0.2, 0) is 9.59 Å². The number of carbonyl (C=O) groups is 2. The summed E-state index contributed by atoms with van der Waals surface area (Å²) < 4.78 is 0. The van der Waals surface area contributed by atoms with E-state index in [4.69, 9.17) is 0 Å². The fourth-order valence-corrected chi connectivity index (χ4v) is 7.18. The van der Waals surface area contributed by atoms with E-state index >= 15 is 0 Å². The van der Waals surface area contributed by atoms with Gasteiger partial charge in [0.05, 0.1) is 6.54 Å². The van der Waals surface area contributed by atoms with Crippen LogP contribution in [0.3, 0.4) is 0 Å². The molecule has 0 aromatic rings. The van der Waals surface area contributed by atoms with Gasteiger partial charge in [0.15, 0.2) is 0 Å². The van der Waals surface area contributed by atoms with E-state index in [1.54, 1.807) is 0 Å². The molecule has 2 aliphatic carbocycles. The molecule has 4 aliphatic heterocycles. The molecule has 7 nitrogen and oxygen atoms in total. The SMILES string of the molecule is O=C(CN1CCN(CC2CC3CCC2CN3C(=O)CC2CCCCC2)CC1)N1CCNCC1.